The number of nitrogen functional groups attached to an aromatic ring is 1. The molecule has 0 bridgehead atoms. The Morgan fingerprint density at radius 3 is 2.38 bits per heavy atom. The van der Waals surface area contributed by atoms with Crippen molar-refractivity contribution in [1.82, 2.24) is 4.98 Å². The van der Waals surface area contributed by atoms with Crippen molar-refractivity contribution in [2.24, 2.45) is 10.2 Å². The molecule has 0 radical (unpaired) electrons. The molecule has 3 N–H and O–H groups in total. The van der Waals surface area contributed by atoms with Gasteiger partial charge in [0.15, 0.2) is 6.61 Å². The Morgan fingerprint density at radius 2 is 1.79 bits per heavy atom. The predicted molar refractivity (Wildman–Crippen MR) is 98.1 cm³/mol. The first-order valence-electron chi connectivity index (χ1n) is 7.91. The van der Waals surface area contributed by atoms with Gasteiger partial charge in [0.2, 0.25) is 5.88 Å². The molecule has 1 heterocycles. The molecular weight excluding hydrogens is 413 g/mol. The van der Waals surface area contributed by atoms with Gasteiger partial charge in [0, 0.05) is 16.8 Å². The zero-order valence-corrected chi connectivity index (χ0v) is 15.3. The van der Waals surface area contributed by atoms with E-state index in [0.29, 0.717) is 5.39 Å². The van der Waals surface area contributed by atoms with Crippen molar-refractivity contribution < 1.29 is 30.9 Å². The minimum Gasteiger partial charge on any atom is -0.468 e. The van der Waals surface area contributed by atoms with Gasteiger partial charge in [-0.1, -0.05) is 24.3 Å². The molecule has 3 aromatic rings. The van der Waals surface area contributed by atoms with Gasteiger partial charge in [-0.05, 0) is 12.1 Å². The highest BCUT2D eigenvalue weighted by atomic mass is 32.2. The lowest BCUT2D eigenvalue weighted by atomic mass is 10.1. The molecule has 0 fully saturated rings. The second-order valence-electron chi connectivity index (χ2n) is 5.79. The quantitative estimate of drug-likeness (QED) is 0.353. The summed E-state index contributed by atoms with van der Waals surface area (Å²) in [6.45, 7) is -1.48. The fourth-order valence-corrected chi connectivity index (χ4v) is 3.15. The summed E-state index contributed by atoms with van der Waals surface area (Å²) in [4.78, 5) is 3.30. The summed E-state index contributed by atoms with van der Waals surface area (Å²) in [6.07, 6.45) is -3.37. The zero-order chi connectivity index (χ0) is 21.2. The van der Waals surface area contributed by atoms with Crippen molar-refractivity contribution >= 4 is 38.0 Å². The van der Waals surface area contributed by atoms with Gasteiger partial charge in [0.25, 0.3) is 10.1 Å². The molecule has 0 unspecified atom stereocenters. The molecule has 29 heavy (non-hydrogen) atoms. The van der Waals surface area contributed by atoms with E-state index in [1.807, 2.05) is 0 Å². The highest BCUT2D eigenvalue weighted by Gasteiger charge is 2.28. The predicted octanol–water partition coefficient (Wildman–Crippen LogP) is 4.42. The molecule has 1 aromatic heterocycles. The summed E-state index contributed by atoms with van der Waals surface area (Å²) in [7, 11) is -4.55. The van der Waals surface area contributed by atoms with E-state index in [1.54, 1.807) is 18.2 Å². The van der Waals surface area contributed by atoms with E-state index in [9.17, 15) is 26.1 Å². The topological polar surface area (TPSA) is 127 Å². The molecule has 152 valence electrons. The molecule has 8 nitrogen and oxygen atoms in total. The molecule has 0 saturated heterocycles. The molecule has 12 heteroatoms. The molecule has 0 aliphatic rings. The van der Waals surface area contributed by atoms with Crippen LogP contribution in [-0.4, -0.2) is 30.7 Å². The fraction of sp³-hybridized carbons (Fsp3) is 0.118. The van der Waals surface area contributed by atoms with Crippen molar-refractivity contribution in [3.63, 3.8) is 0 Å². The summed E-state index contributed by atoms with van der Waals surface area (Å²) >= 11 is 0. The average Bonchev–Trinajstić information content (AvgIpc) is 2.65. The number of aromatic nitrogens is 1. The molecule has 0 amide bonds. The summed E-state index contributed by atoms with van der Waals surface area (Å²) in [6, 6.07) is 9.83. The van der Waals surface area contributed by atoms with Gasteiger partial charge in [-0.25, -0.2) is 4.98 Å². The van der Waals surface area contributed by atoms with Gasteiger partial charge in [-0.3, -0.25) is 4.55 Å². The molecule has 3 rings (SSSR count). The van der Waals surface area contributed by atoms with E-state index in [1.165, 1.54) is 18.2 Å². The number of benzene rings is 2. The van der Waals surface area contributed by atoms with Crippen molar-refractivity contribution in [3.8, 4) is 5.88 Å². The van der Waals surface area contributed by atoms with Crippen LogP contribution >= 0.6 is 0 Å². The molecule has 2 aromatic carbocycles. The van der Waals surface area contributed by atoms with Gasteiger partial charge in [0.05, 0.1) is 11.9 Å². The Hall–Kier alpha value is -3.25. The zero-order valence-electron chi connectivity index (χ0n) is 14.5. The van der Waals surface area contributed by atoms with E-state index in [4.69, 9.17) is 5.73 Å². The van der Waals surface area contributed by atoms with Gasteiger partial charge in [0.1, 0.15) is 16.3 Å². The molecule has 0 spiro atoms. The summed E-state index contributed by atoms with van der Waals surface area (Å²) in [5.41, 5.74) is 6.30. The third kappa shape index (κ3) is 4.97. The number of hydrogen-bond donors (Lipinski definition) is 2. The lowest BCUT2D eigenvalue weighted by molar-refractivity contribution is -0.154. The lowest BCUT2D eigenvalue weighted by Crippen LogP contribution is -2.19. The number of anilines is 1. The van der Waals surface area contributed by atoms with Crippen LogP contribution in [0.1, 0.15) is 0 Å². The van der Waals surface area contributed by atoms with E-state index in [2.05, 4.69) is 19.9 Å². The van der Waals surface area contributed by atoms with E-state index in [0.717, 1.165) is 12.3 Å². The number of azo groups is 1. The third-order valence-corrected chi connectivity index (χ3v) is 4.58. The second-order valence-corrected chi connectivity index (χ2v) is 7.18. The van der Waals surface area contributed by atoms with Crippen LogP contribution in [0, 0.1) is 0 Å². The van der Waals surface area contributed by atoms with Crippen LogP contribution in [0.25, 0.3) is 10.8 Å². The lowest BCUT2D eigenvalue weighted by Gasteiger charge is -2.09. The SMILES string of the molecule is Nc1c(N=Nc2ccc(OCC(F)(F)F)nc2)cc(S(=O)(=O)O)c2ccccc12. The molecule has 0 aliphatic carbocycles. The first kappa shape index (κ1) is 20.5. The van der Waals surface area contributed by atoms with Crippen molar-refractivity contribution in [1.29, 1.82) is 0 Å². The number of halogens is 3. The minimum absolute atomic E-state index is 0.0197. The number of rotatable bonds is 5. The van der Waals surface area contributed by atoms with Crippen LogP contribution in [0.4, 0.5) is 30.2 Å². The van der Waals surface area contributed by atoms with Crippen molar-refractivity contribution in [2.75, 3.05) is 12.3 Å². The van der Waals surface area contributed by atoms with E-state index < -0.39 is 22.9 Å². The highest BCUT2D eigenvalue weighted by molar-refractivity contribution is 7.86. The Labute approximate surface area is 162 Å². The van der Waals surface area contributed by atoms with Crippen LogP contribution in [0.15, 0.2) is 63.8 Å². The van der Waals surface area contributed by atoms with Gasteiger partial charge >= 0.3 is 6.18 Å². The van der Waals surface area contributed by atoms with E-state index >= 15 is 0 Å². The van der Waals surface area contributed by atoms with Crippen molar-refractivity contribution in [2.45, 2.75) is 11.1 Å². The number of pyridine rings is 1. The smallest absolute Gasteiger partial charge is 0.422 e. The maximum Gasteiger partial charge on any atom is 0.422 e. The first-order valence-corrected chi connectivity index (χ1v) is 9.35. The molecule has 0 atom stereocenters. The molecule has 0 saturated carbocycles. The summed E-state index contributed by atoms with van der Waals surface area (Å²) < 4.78 is 73.8. The number of nitrogens with zero attached hydrogens (tertiary/aromatic N) is 3. The first-order chi connectivity index (χ1) is 13.5. The maximum atomic E-state index is 12.1. The normalized spacial score (nSPS) is 12.6. The third-order valence-electron chi connectivity index (χ3n) is 3.68. The van der Waals surface area contributed by atoms with Crippen LogP contribution in [0.3, 0.4) is 0 Å². The maximum absolute atomic E-state index is 12.1. The van der Waals surface area contributed by atoms with E-state index in [-0.39, 0.29) is 33.2 Å². The molecular formula is C17H13F3N4O4S. The van der Waals surface area contributed by atoms with Gasteiger partial charge in [-0.15, -0.1) is 10.2 Å². The Kier molecular flexibility index (Phi) is 5.40. The Bertz CT molecular complexity index is 1180. The van der Waals surface area contributed by atoms with Gasteiger partial charge < -0.3 is 10.5 Å². The van der Waals surface area contributed by atoms with Gasteiger partial charge in [-0.2, -0.15) is 21.6 Å². The highest BCUT2D eigenvalue weighted by Crippen LogP contribution is 2.36. The summed E-state index contributed by atoms with van der Waals surface area (Å²) in [5.74, 6) is -0.250. The monoisotopic (exact) mass is 426 g/mol. The minimum atomic E-state index is -4.55. The second kappa shape index (κ2) is 7.64. The van der Waals surface area contributed by atoms with Crippen LogP contribution in [0.5, 0.6) is 5.88 Å². The molecule has 0 aliphatic heterocycles. The largest absolute Gasteiger partial charge is 0.468 e. The number of fused-ring (bicyclic) bond motifs is 1. The number of alkyl halides is 3. The van der Waals surface area contributed by atoms with Crippen molar-refractivity contribution in [3.05, 3.63) is 48.7 Å². The number of hydrogen-bond acceptors (Lipinski definition) is 7. The fourth-order valence-electron chi connectivity index (χ4n) is 2.43. The Balaban J connectivity index is 1.92. The van der Waals surface area contributed by atoms with Crippen LogP contribution < -0.4 is 10.5 Å². The van der Waals surface area contributed by atoms with Crippen LogP contribution in [-0.2, 0) is 10.1 Å². The summed E-state index contributed by atoms with van der Waals surface area (Å²) in [5, 5.41) is 8.30. The Morgan fingerprint density at radius 1 is 1.10 bits per heavy atom. The number of nitrogens with two attached hydrogens (primary N) is 1. The standard InChI is InChI=1S/C17H13F3N4O4S/c18-17(19,20)9-28-15-6-5-10(8-22-15)23-24-13-7-14(29(25,26)27)11-3-1-2-4-12(11)16(13)21/h1-8H,9,21H2,(H,25,26,27). The average molecular weight is 426 g/mol. The van der Waals surface area contributed by atoms with Crippen LogP contribution in [0.2, 0.25) is 0 Å². The number of ether oxygens (including phenoxy) is 1.